The molecule has 9 heteroatoms. The molecule has 3 aromatic rings. The Morgan fingerprint density at radius 2 is 1.83 bits per heavy atom. The van der Waals surface area contributed by atoms with Gasteiger partial charge in [0.05, 0.1) is 12.1 Å². The molecule has 0 bridgehead atoms. The Bertz CT molecular complexity index is 1260. The molecule has 3 atom stereocenters. The summed E-state index contributed by atoms with van der Waals surface area (Å²) in [5, 5.41) is 21.7. The van der Waals surface area contributed by atoms with Crippen LogP contribution in [-0.2, 0) is 19.5 Å². The van der Waals surface area contributed by atoms with Crippen LogP contribution in [0.1, 0.15) is 78.1 Å². The second kappa shape index (κ2) is 14.9. The van der Waals surface area contributed by atoms with Crippen molar-refractivity contribution in [1.82, 2.24) is 25.3 Å². The minimum Gasteiger partial charge on any atom is -0.390 e. The van der Waals surface area contributed by atoms with Crippen LogP contribution in [0.2, 0.25) is 0 Å². The SMILES string of the molecule is CCCC1CCCCN1C(=O)c1cc(C(=O)N[C@@H](Cc2ccccc2)[C@H](O)CNCc2ccc(F)cc2)nn1CC. The first-order valence-electron chi connectivity index (χ1n) is 14.8. The van der Waals surface area contributed by atoms with E-state index in [9.17, 15) is 19.1 Å². The molecule has 0 radical (unpaired) electrons. The second-order valence-corrected chi connectivity index (χ2v) is 10.8. The molecule has 1 aromatic heterocycles. The fourth-order valence-corrected chi connectivity index (χ4v) is 5.49. The highest BCUT2D eigenvalue weighted by Gasteiger charge is 2.31. The van der Waals surface area contributed by atoms with E-state index in [0.29, 0.717) is 25.2 Å². The van der Waals surface area contributed by atoms with Gasteiger partial charge in [-0.25, -0.2) is 4.39 Å². The van der Waals surface area contributed by atoms with E-state index < -0.39 is 18.1 Å². The van der Waals surface area contributed by atoms with Crippen LogP contribution in [0, 0.1) is 5.82 Å². The molecule has 0 aliphatic carbocycles. The number of halogens is 1. The Kier molecular flexibility index (Phi) is 11.0. The molecule has 1 aliphatic rings. The zero-order valence-electron chi connectivity index (χ0n) is 24.1. The van der Waals surface area contributed by atoms with Gasteiger partial charge in [-0.05, 0) is 62.3 Å². The molecule has 2 amide bonds. The number of carbonyl (C=O) groups is 2. The number of piperidine rings is 1. The van der Waals surface area contributed by atoms with Crippen LogP contribution >= 0.6 is 0 Å². The third-order valence-corrected chi connectivity index (χ3v) is 7.72. The van der Waals surface area contributed by atoms with Crippen molar-refractivity contribution in [2.45, 2.75) is 83.6 Å². The highest BCUT2D eigenvalue weighted by Crippen LogP contribution is 2.23. The Balaban J connectivity index is 1.47. The molecule has 220 valence electrons. The van der Waals surface area contributed by atoms with Crippen LogP contribution in [0.5, 0.6) is 0 Å². The summed E-state index contributed by atoms with van der Waals surface area (Å²) in [5.74, 6) is -0.817. The Labute approximate surface area is 241 Å². The van der Waals surface area contributed by atoms with Gasteiger partial charge in [0.25, 0.3) is 11.8 Å². The van der Waals surface area contributed by atoms with Gasteiger partial charge in [0.2, 0.25) is 0 Å². The van der Waals surface area contributed by atoms with E-state index in [1.807, 2.05) is 42.2 Å². The first-order valence-corrected chi connectivity index (χ1v) is 14.8. The van der Waals surface area contributed by atoms with Gasteiger partial charge in [0.1, 0.15) is 11.5 Å². The van der Waals surface area contributed by atoms with Gasteiger partial charge >= 0.3 is 0 Å². The highest BCUT2D eigenvalue weighted by atomic mass is 19.1. The number of carbonyl (C=O) groups excluding carboxylic acids is 2. The number of benzene rings is 2. The Morgan fingerprint density at radius 3 is 2.54 bits per heavy atom. The van der Waals surface area contributed by atoms with Crippen LogP contribution in [0.4, 0.5) is 4.39 Å². The summed E-state index contributed by atoms with van der Waals surface area (Å²) >= 11 is 0. The van der Waals surface area contributed by atoms with Crippen molar-refractivity contribution in [1.29, 1.82) is 0 Å². The minimum absolute atomic E-state index is 0.0811. The molecule has 3 N–H and O–H groups in total. The van der Waals surface area contributed by atoms with Crippen LogP contribution in [0.15, 0.2) is 60.7 Å². The van der Waals surface area contributed by atoms with E-state index in [1.54, 1.807) is 22.9 Å². The number of aliphatic hydroxyl groups is 1. The topological polar surface area (TPSA) is 99.5 Å². The fourth-order valence-electron chi connectivity index (χ4n) is 5.49. The number of hydrogen-bond acceptors (Lipinski definition) is 5. The monoisotopic (exact) mass is 563 g/mol. The van der Waals surface area contributed by atoms with Crippen LogP contribution in [0.3, 0.4) is 0 Å². The lowest BCUT2D eigenvalue weighted by molar-refractivity contribution is 0.0588. The maximum atomic E-state index is 13.6. The van der Waals surface area contributed by atoms with E-state index >= 15 is 0 Å². The zero-order valence-corrected chi connectivity index (χ0v) is 24.1. The Hall–Kier alpha value is -3.56. The van der Waals surface area contributed by atoms with Crippen LogP contribution in [0.25, 0.3) is 0 Å². The van der Waals surface area contributed by atoms with Gasteiger partial charge in [-0.2, -0.15) is 5.10 Å². The average Bonchev–Trinajstić information content (AvgIpc) is 3.43. The van der Waals surface area contributed by atoms with Gasteiger partial charge < -0.3 is 20.6 Å². The average molecular weight is 564 g/mol. The lowest BCUT2D eigenvalue weighted by Gasteiger charge is -2.35. The first kappa shape index (κ1) is 30.4. The molecule has 41 heavy (non-hydrogen) atoms. The predicted molar refractivity (Wildman–Crippen MR) is 157 cm³/mol. The van der Waals surface area contributed by atoms with E-state index in [1.165, 1.54) is 12.1 Å². The molecule has 1 aliphatic heterocycles. The molecule has 1 fully saturated rings. The van der Waals surface area contributed by atoms with Gasteiger partial charge in [0, 0.05) is 38.3 Å². The molecular weight excluding hydrogens is 521 g/mol. The number of rotatable bonds is 13. The van der Waals surface area contributed by atoms with Crippen molar-refractivity contribution in [2.24, 2.45) is 0 Å². The summed E-state index contributed by atoms with van der Waals surface area (Å²) < 4.78 is 14.8. The van der Waals surface area contributed by atoms with Crippen LogP contribution in [-0.4, -0.2) is 62.9 Å². The number of hydrogen-bond donors (Lipinski definition) is 3. The van der Waals surface area contributed by atoms with Crippen molar-refractivity contribution >= 4 is 11.8 Å². The van der Waals surface area contributed by atoms with Crippen molar-refractivity contribution in [2.75, 3.05) is 13.1 Å². The van der Waals surface area contributed by atoms with Gasteiger partial charge in [-0.3, -0.25) is 14.3 Å². The van der Waals surface area contributed by atoms with Gasteiger partial charge in [-0.15, -0.1) is 0 Å². The van der Waals surface area contributed by atoms with Gasteiger partial charge in [0.15, 0.2) is 5.69 Å². The number of nitrogens with zero attached hydrogens (tertiary/aromatic N) is 3. The van der Waals surface area contributed by atoms with E-state index in [4.69, 9.17) is 0 Å². The summed E-state index contributed by atoms with van der Waals surface area (Å²) in [4.78, 5) is 29.0. The van der Waals surface area contributed by atoms with Crippen molar-refractivity contribution in [3.63, 3.8) is 0 Å². The van der Waals surface area contributed by atoms with Crippen molar-refractivity contribution in [3.05, 3.63) is 89.0 Å². The summed E-state index contributed by atoms with van der Waals surface area (Å²) in [7, 11) is 0. The molecule has 4 rings (SSSR count). The van der Waals surface area contributed by atoms with Crippen molar-refractivity contribution in [3.8, 4) is 0 Å². The third kappa shape index (κ3) is 8.24. The quantitative estimate of drug-likeness (QED) is 0.288. The number of aliphatic hydroxyl groups excluding tert-OH is 1. The lowest BCUT2D eigenvalue weighted by Crippen LogP contribution is -2.48. The third-order valence-electron chi connectivity index (χ3n) is 7.72. The molecule has 0 spiro atoms. The second-order valence-electron chi connectivity index (χ2n) is 10.8. The lowest BCUT2D eigenvalue weighted by atomic mass is 9.98. The van der Waals surface area contributed by atoms with E-state index in [-0.39, 0.29) is 30.0 Å². The largest absolute Gasteiger partial charge is 0.390 e. The maximum Gasteiger partial charge on any atom is 0.272 e. The molecule has 2 aromatic carbocycles. The van der Waals surface area contributed by atoms with Gasteiger partial charge in [-0.1, -0.05) is 55.8 Å². The standard InChI is InChI=1S/C32H42FN5O3/c1-3-10-26-13-8-9-18-37(26)32(41)29-20-28(36-38(29)4-2)31(40)35-27(19-23-11-6-5-7-12-23)30(39)22-34-21-24-14-16-25(33)17-15-24/h5-7,11-12,14-17,20,26-27,30,34,39H,3-4,8-10,13,18-19,21-22H2,1-2H3,(H,35,40)/t26?,27-,30+/m0/s1. The first-order chi connectivity index (χ1) is 19.9. The minimum atomic E-state index is -0.905. The molecule has 8 nitrogen and oxygen atoms in total. The number of amides is 2. The normalized spacial score (nSPS) is 16.8. The van der Waals surface area contributed by atoms with E-state index in [2.05, 4.69) is 22.7 Å². The number of nitrogens with one attached hydrogen (secondary N) is 2. The Morgan fingerprint density at radius 1 is 1.07 bits per heavy atom. The summed E-state index contributed by atoms with van der Waals surface area (Å²) in [6.07, 6.45) is 4.59. The number of aryl methyl sites for hydroxylation is 1. The summed E-state index contributed by atoms with van der Waals surface area (Å²) in [5.41, 5.74) is 2.43. The zero-order chi connectivity index (χ0) is 29.2. The predicted octanol–water partition coefficient (Wildman–Crippen LogP) is 4.33. The maximum absolute atomic E-state index is 13.6. The smallest absolute Gasteiger partial charge is 0.272 e. The summed E-state index contributed by atoms with van der Waals surface area (Å²) in [6, 6.07) is 17.0. The highest BCUT2D eigenvalue weighted by molar-refractivity contribution is 5.98. The fraction of sp³-hybridized carbons (Fsp3) is 0.469. The summed E-state index contributed by atoms with van der Waals surface area (Å²) in [6.45, 7) is 5.88. The van der Waals surface area contributed by atoms with Crippen LogP contribution < -0.4 is 10.6 Å². The molecule has 2 heterocycles. The molecule has 0 saturated carbocycles. The van der Waals surface area contributed by atoms with Crippen molar-refractivity contribution < 1.29 is 19.1 Å². The number of likely N-dealkylation sites (tertiary alicyclic amines) is 1. The van der Waals surface area contributed by atoms with E-state index in [0.717, 1.165) is 49.8 Å². The molecule has 1 saturated heterocycles. The molecule has 1 unspecified atom stereocenters. The number of aromatic nitrogens is 2. The molecular formula is C32H42FN5O3.